The summed E-state index contributed by atoms with van der Waals surface area (Å²) in [7, 11) is 4.34. The Morgan fingerprint density at radius 1 is 0.944 bits per heavy atom. The van der Waals surface area contributed by atoms with Crippen molar-refractivity contribution < 1.29 is 0 Å². The highest BCUT2D eigenvalue weighted by Crippen LogP contribution is 2.46. The molecule has 0 aliphatic heterocycles. The minimum atomic E-state index is 0.410. The van der Waals surface area contributed by atoms with Crippen LogP contribution in [0.3, 0.4) is 0 Å². The van der Waals surface area contributed by atoms with Gasteiger partial charge < -0.3 is 0 Å². The molecule has 92 valence electrons. The van der Waals surface area contributed by atoms with Gasteiger partial charge in [-0.3, -0.25) is 4.90 Å². The van der Waals surface area contributed by atoms with Gasteiger partial charge in [0.05, 0.1) is 6.04 Å². The molecule has 0 N–H and O–H groups in total. The summed E-state index contributed by atoms with van der Waals surface area (Å²) in [6, 6.07) is 15.9. The fourth-order valence-corrected chi connectivity index (χ4v) is 3.15. The first kappa shape index (κ1) is 11.5. The summed E-state index contributed by atoms with van der Waals surface area (Å²) in [6.07, 6.45) is 1.10. The van der Waals surface area contributed by atoms with Gasteiger partial charge in [-0.15, -0.1) is 0 Å². The van der Waals surface area contributed by atoms with Crippen LogP contribution in [0, 0.1) is 0 Å². The van der Waals surface area contributed by atoms with Gasteiger partial charge in [-0.05, 0) is 48.3 Å². The van der Waals surface area contributed by atoms with Gasteiger partial charge in [0.1, 0.15) is 0 Å². The van der Waals surface area contributed by atoms with Gasteiger partial charge in [0.15, 0.2) is 0 Å². The molecule has 18 heavy (non-hydrogen) atoms. The van der Waals surface area contributed by atoms with Crippen LogP contribution < -0.4 is 0 Å². The van der Waals surface area contributed by atoms with Crippen molar-refractivity contribution in [3.63, 3.8) is 0 Å². The van der Waals surface area contributed by atoms with Crippen LogP contribution in [0.25, 0.3) is 11.1 Å². The second-order valence-corrected chi connectivity index (χ2v) is 5.19. The molecular weight excluding hydrogens is 218 g/mol. The molecule has 0 saturated carbocycles. The number of fused-ring (bicyclic) bond motifs is 3. The predicted octanol–water partition coefficient (Wildman–Crippen LogP) is 3.88. The third kappa shape index (κ3) is 1.51. The zero-order chi connectivity index (χ0) is 12.7. The summed E-state index contributed by atoms with van der Waals surface area (Å²) < 4.78 is 0. The molecule has 1 nitrogen and oxygen atoms in total. The largest absolute Gasteiger partial charge is 0.298 e. The van der Waals surface area contributed by atoms with Crippen LogP contribution in [0.15, 0.2) is 42.5 Å². The second-order valence-electron chi connectivity index (χ2n) is 5.19. The molecule has 0 heterocycles. The van der Waals surface area contributed by atoms with Crippen molar-refractivity contribution in [2.24, 2.45) is 0 Å². The Kier molecular flexibility index (Phi) is 2.71. The lowest BCUT2D eigenvalue weighted by Gasteiger charge is -2.23. The Hall–Kier alpha value is -1.60. The minimum Gasteiger partial charge on any atom is -0.298 e. The summed E-state index contributed by atoms with van der Waals surface area (Å²) in [5.74, 6) is 0. The van der Waals surface area contributed by atoms with Crippen LogP contribution in [0.1, 0.15) is 29.7 Å². The van der Waals surface area contributed by atoms with Crippen molar-refractivity contribution in [2.75, 3.05) is 14.1 Å². The lowest BCUT2D eigenvalue weighted by atomic mass is 9.97. The highest BCUT2D eigenvalue weighted by atomic mass is 15.1. The first-order chi connectivity index (χ1) is 8.74. The third-order valence-electron chi connectivity index (χ3n) is 3.91. The van der Waals surface area contributed by atoms with Crippen LogP contribution in [0.5, 0.6) is 0 Å². The van der Waals surface area contributed by atoms with Gasteiger partial charge in [-0.2, -0.15) is 0 Å². The monoisotopic (exact) mass is 237 g/mol. The lowest BCUT2D eigenvalue weighted by molar-refractivity contribution is 0.346. The van der Waals surface area contributed by atoms with Crippen LogP contribution in [0.4, 0.5) is 0 Å². The zero-order valence-electron chi connectivity index (χ0n) is 11.3. The molecule has 1 atom stereocenters. The summed E-state index contributed by atoms with van der Waals surface area (Å²) in [5.41, 5.74) is 7.25. The summed E-state index contributed by atoms with van der Waals surface area (Å²) in [5, 5.41) is 0. The number of nitrogens with zero attached hydrogens (tertiary/aromatic N) is 1. The van der Waals surface area contributed by atoms with Gasteiger partial charge in [-0.1, -0.05) is 49.4 Å². The SMILES string of the molecule is CCc1cccc2c1C(N(C)C)c1ccccc1-2. The molecule has 3 rings (SSSR count). The number of aryl methyl sites for hydroxylation is 1. The molecular formula is C17H19N. The Balaban J connectivity index is 2.31. The standard InChI is InChI=1S/C17H19N/c1-4-12-8-7-11-14-13-9-5-6-10-15(13)17(16(12)14)18(2)3/h5-11,17H,4H2,1-3H3. The van der Waals surface area contributed by atoms with Crippen molar-refractivity contribution in [3.8, 4) is 11.1 Å². The molecule has 0 saturated heterocycles. The Morgan fingerprint density at radius 3 is 2.39 bits per heavy atom. The van der Waals surface area contributed by atoms with Gasteiger partial charge in [0, 0.05) is 0 Å². The molecule has 0 amide bonds. The van der Waals surface area contributed by atoms with E-state index in [1.807, 2.05) is 0 Å². The van der Waals surface area contributed by atoms with Crippen LogP contribution in [-0.2, 0) is 6.42 Å². The number of rotatable bonds is 2. The highest BCUT2D eigenvalue weighted by Gasteiger charge is 2.31. The molecule has 1 aliphatic carbocycles. The summed E-state index contributed by atoms with van der Waals surface area (Å²) in [4.78, 5) is 2.32. The Morgan fingerprint density at radius 2 is 1.67 bits per heavy atom. The van der Waals surface area contributed by atoms with E-state index < -0.39 is 0 Å². The molecule has 1 heteroatoms. The predicted molar refractivity (Wildman–Crippen MR) is 76.8 cm³/mol. The first-order valence-electron chi connectivity index (χ1n) is 6.61. The molecule has 2 aromatic carbocycles. The Labute approximate surface area is 109 Å². The van der Waals surface area contributed by atoms with Crippen molar-refractivity contribution in [3.05, 3.63) is 59.2 Å². The maximum Gasteiger partial charge on any atom is 0.0611 e. The summed E-state index contributed by atoms with van der Waals surface area (Å²) in [6.45, 7) is 2.24. The van der Waals surface area contributed by atoms with Crippen molar-refractivity contribution in [1.82, 2.24) is 4.90 Å². The normalized spacial score (nSPS) is 16.8. The summed E-state index contributed by atoms with van der Waals surface area (Å²) >= 11 is 0. The van der Waals surface area contributed by atoms with E-state index in [2.05, 4.69) is 68.4 Å². The fourth-order valence-electron chi connectivity index (χ4n) is 3.15. The molecule has 0 fully saturated rings. The molecule has 0 radical (unpaired) electrons. The van der Waals surface area contributed by atoms with Gasteiger partial charge in [0.2, 0.25) is 0 Å². The maximum absolute atomic E-state index is 2.32. The van der Waals surface area contributed by atoms with Crippen molar-refractivity contribution in [1.29, 1.82) is 0 Å². The average molecular weight is 237 g/mol. The molecule has 0 spiro atoms. The first-order valence-corrected chi connectivity index (χ1v) is 6.61. The van der Waals surface area contributed by atoms with E-state index in [-0.39, 0.29) is 0 Å². The van der Waals surface area contributed by atoms with Gasteiger partial charge in [0.25, 0.3) is 0 Å². The van der Waals surface area contributed by atoms with Crippen molar-refractivity contribution in [2.45, 2.75) is 19.4 Å². The number of hydrogen-bond donors (Lipinski definition) is 0. The van der Waals surface area contributed by atoms with E-state index in [9.17, 15) is 0 Å². The topological polar surface area (TPSA) is 3.24 Å². The second kappa shape index (κ2) is 4.25. The molecule has 2 aromatic rings. The van der Waals surface area contributed by atoms with E-state index in [1.165, 1.54) is 27.8 Å². The van der Waals surface area contributed by atoms with Crippen molar-refractivity contribution >= 4 is 0 Å². The van der Waals surface area contributed by atoms with E-state index in [4.69, 9.17) is 0 Å². The third-order valence-corrected chi connectivity index (χ3v) is 3.91. The molecule has 1 unspecified atom stereocenters. The smallest absolute Gasteiger partial charge is 0.0611 e. The molecule has 1 aliphatic rings. The quantitative estimate of drug-likeness (QED) is 0.766. The minimum absolute atomic E-state index is 0.410. The van der Waals surface area contributed by atoms with Crippen LogP contribution >= 0.6 is 0 Å². The fraction of sp³-hybridized carbons (Fsp3) is 0.294. The number of hydrogen-bond acceptors (Lipinski definition) is 1. The van der Waals surface area contributed by atoms with Gasteiger partial charge in [-0.25, -0.2) is 0 Å². The van der Waals surface area contributed by atoms with E-state index in [0.29, 0.717) is 6.04 Å². The van der Waals surface area contributed by atoms with E-state index >= 15 is 0 Å². The molecule has 0 aromatic heterocycles. The number of benzene rings is 2. The van der Waals surface area contributed by atoms with E-state index in [1.54, 1.807) is 0 Å². The average Bonchev–Trinajstić information content (AvgIpc) is 2.73. The lowest BCUT2D eigenvalue weighted by Crippen LogP contribution is -2.20. The van der Waals surface area contributed by atoms with E-state index in [0.717, 1.165) is 6.42 Å². The maximum atomic E-state index is 2.32. The zero-order valence-corrected chi connectivity index (χ0v) is 11.3. The van der Waals surface area contributed by atoms with Crippen LogP contribution in [-0.4, -0.2) is 19.0 Å². The van der Waals surface area contributed by atoms with Crippen LogP contribution in [0.2, 0.25) is 0 Å². The van der Waals surface area contributed by atoms with Gasteiger partial charge >= 0.3 is 0 Å². The molecule has 0 bridgehead atoms. The highest BCUT2D eigenvalue weighted by molar-refractivity contribution is 5.79. The Bertz CT molecular complexity index is 584.